The quantitative estimate of drug-likeness (QED) is 0.816. The van der Waals surface area contributed by atoms with Crippen molar-refractivity contribution in [3.8, 4) is 0 Å². The van der Waals surface area contributed by atoms with E-state index in [0.717, 1.165) is 12.8 Å². The topological polar surface area (TPSA) is 20.2 Å². The second-order valence-corrected chi connectivity index (χ2v) is 5.52. The molecule has 2 heteroatoms. The molecule has 0 fully saturated rings. The molecule has 0 spiro atoms. The summed E-state index contributed by atoms with van der Waals surface area (Å²) in [6.45, 7) is 7.82. The standard InChI is InChI=1S/C15H23FO/c1-11(2)6-5-9-15(4,17)13-8-7-12(3)14(16)10-13/h7-8,10-11,17H,5-6,9H2,1-4H3. The van der Waals surface area contributed by atoms with E-state index < -0.39 is 5.60 Å². The number of halogens is 1. The summed E-state index contributed by atoms with van der Waals surface area (Å²) in [5.74, 6) is 0.396. The minimum atomic E-state index is -0.927. The van der Waals surface area contributed by atoms with Gasteiger partial charge in [-0.15, -0.1) is 0 Å². The molecule has 0 heterocycles. The first kappa shape index (κ1) is 14.2. The highest BCUT2D eigenvalue weighted by Crippen LogP contribution is 2.28. The summed E-state index contributed by atoms with van der Waals surface area (Å²) >= 11 is 0. The van der Waals surface area contributed by atoms with Gasteiger partial charge in [-0.2, -0.15) is 0 Å². The number of hydrogen-bond donors (Lipinski definition) is 1. The predicted octanol–water partition coefficient (Wildman–Crippen LogP) is 4.17. The van der Waals surface area contributed by atoms with Crippen molar-refractivity contribution in [2.75, 3.05) is 0 Å². The largest absolute Gasteiger partial charge is 0.385 e. The van der Waals surface area contributed by atoms with E-state index in [1.807, 2.05) is 6.07 Å². The maximum atomic E-state index is 13.4. The number of aliphatic hydroxyl groups is 1. The van der Waals surface area contributed by atoms with Crippen molar-refractivity contribution >= 4 is 0 Å². The Morgan fingerprint density at radius 1 is 1.35 bits per heavy atom. The lowest BCUT2D eigenvalue weighted by Crippen LogP contribution is -2.21. The van der Waals surface area contributed by atoms with Gasteiger partial charge in [0.15, 0.2) is 0 Å². The van der Waals surface area contributed by atoms with Crippen LogP contribution in [-0.4, -0.2) is 5.11 Å². The molecule has 1 aromatic carbocycles. The van der Waals surface area contributed by atoms with Gasteiger partial charge in [-0.25, -0.2) is 4.39 Å². The van der Waals surface area contributed by atoms with Gasteiger partial charge in [-0.05, 0) is 49.8 Å². The summed E-state index contributed by atoms with van der Waals surface area (Å²) in [5.41, 5.74) is 0.361. The number of benzene rings is 1. The lowest BCUT2D eigenvalue weighted by molar-refractivity contribution is 0.0438. The molecule has 17 heavy (non-hydrogen) atoms. The van der Waals surface area contributed by atoms with Crippen LogP contribution in [-0.2, 0) is 5.60 Å². The number of aryl methyl sites for hydroxylation is 1. The molecule has 0 aliphatic carbocycles. The molecule has 96 valence electrons. The summed E-state index contributed by atoms with van der Waals surface area (Å²) in [7, 11) is 0. The van der Waals surface area contributed by atoms with E-state index >= 15 is 0 Å². The molecule has 0 saturated heterocycles. The summed E-state index contributed by atoms with van der Waals surface area (Å²) in [6.07, 6.45) is 2.72. The van der Waals surface area contributed by atoms with Crippen LogP contribution in [0.2, 0.25) is 0 Å². The molecule has 0 bridgehead atoms. The Hall–Kier alpha value is -0.890. The zero-order chi connectivity index (χ0) is 13.1. The molecule has 0 radical (unpaired) electrons. The Morgan fingerprint density at radius 2 is 2.00 bits per heavy atom. The van der Waals surface area contributed by atoms with Gasteiger partial charge < -0.3 is 5.11 Å². The van der Waals surface area contributed by atoms with Crippen LogP contribution in [0.1, 0.15) is 51.2 Å². The van der Waals surface area contributed by atoms with Crippen LogP contribution in [0.5, 0.6) is 0 Å². The average molecular weight is 238 g/mol. The third-order valence-corrected chi connectivity index (χ3v) is 3.24. The van der Waals surface area contributed by atoms with Crippen LogP contribution in [0.25, 0.3) is 0 Å². The van der Waals surface area contributed by atoms with Gasteiger partial charge in [0.1, 0.15) is 5.82 Å². The number of hydrogen-bond acceptors (Lipinski definition) is 1. The van der Waals surface area contributed by atoms with E-state index in [0.29, 0.717) is 23.5 Å². The number of rotatable bonds is 5. The normalized spacial score (nSPS) is 15.0. The SMILES string of the molecule is Cc1ccc(C(C)(O)CCCC(C)C)cc1F. The molecule has 0 aliphatic rings. The first-order valence-electron chi connectivity index (χ1n) is 6.32. The average Bonchev–Trinajstić information content (AvgIpc) is 2.21. The Bertz CT molecular complexity index is 369. The predicted molar refractivity (Wildman–Crippen MR) is 69.4 cm³/mol. The van der Waals surface area contributed by atoms with Gasteiger partial charge in [0.05, 0.1) is 5.60 Å². The fraction of sp³-hybridized carbons (Fsp3) is 0.600. The van der Waals surface area contributed by atoms with Crippen LogP contribution in [0.15, 0.2) is 18.2 Å². The molecule has 0 aliphatic heterocycles. The van der Waals surface area contributed by atoms with Crippen LogP contribution >= 0.6 is 0 Å². The van der Waals surface area contributed by atoms with Gasteiger partial charge >= 0.3 is 0 Å². The first-order valence-corrected chi connectivity index (χ1v) is 6.32. The lowest BCUT2D eigenvalue weighted by atomic mass is 9.88. The molecule has 0 saturated carbocycles. The van der Waals surface area contributed by atoms with Crippen molar-refractivity contribution in [2.45, 2.75) is 52.6 Å². The maximum Gasteiger partial charge on any atom is 0.126 e. The van der Waals surface area contributed by atoms with Crippen molar-refractivity contribution in [1.29, 1.82) is 0 Å². The molecule has 1 atom stereocenters. The van der Waals surface area contributed by atoms with Crippen molar-refractivity contribution in [2.24, 2.45) is 5.92 Å². The molecule has 1 unspecified atom stereocenters. The fourth-order valence-corrected chi connectivity index (χ4v) is 1.93. The zero-order valence-corrected chi connectivity index (χ0v) is 11.3. The van der Waals surface area contributed by atoms with Gasteiger partial charge in [0.2, 0.25) is 0 Å². The Morgan fingerprint density at radius 3 is 2.53 bits per heavy atom. The van der Waals surface area contributed by atoms with Crippen molar-refractivity contribution in [3.63, 3.8) is 0 Å². The molecule has 1 rings (SSSR count). The van der Waals surface area contributed by atoms with Crippen LogP contribution in [0.4, 0.5) is 4.39 Å². The second-order valence-electron chi connectivity index (χ2n) is 5.52. The lowest BCUT2D eigenvalue weighted by Gasteiger charge is -2.24. The third kappa shape index (κ3) is 4.12. The minimum Gasteiger partial charge on any atom is -0.385 e. The Balaban J connectivity index is 2.71. The van der Waals surface area contributed by atoms with E-state index in [2.05, 4.69) is 13.8 Å². The summed E-state index contributed by atoms with van der Waals surface area (Å²) in [4.78, 5) is 0. The van der Waals surface area contributed by atoms with Crippen molar-refractivity contribution in [3.05, 3.63) is 35.1 Å². The zero-order valence-electron chi connectivity index (χ0n) is 11.3. The van der Waals surface area contributed by atoms with Gasteiger partial charge in [0, 0.05) is 0 Å². The smallest absolute Gasteiger partial charge is 0.126 e. The second kappa shape index (κ2) is 5.63. The minimum absolute atomic E-state index is 0.244. The Kier molecular flexibility index (Phi) is 4.70. The third-order valence-electron chi connectivity index (χ3n) is 3.24. The fourth-order valence-electron chi connectivity index (χ4n) is 1.93. The summed E-state index contributed by atoms with van der Waals surface area (Å²) < 4.78 is 13.4. The Labute approximate surface area is 104 Å². The van der Waals surface area contributed by atoms with Crippen LogP contribution in [0.3, 0.4) is 0 Å². The van der Waals surface area contributed by atoms with Crippen LogP contribution < -0.4 is 0 Å². The maximum absolute atomic E-state index is 13.4. The van der Waals surface area contributed by atoms with Gasteiger partial charge in [-0.1, -0.05) is 32.4 Å². The molecular formula is C15H23FO. The molecule has 1 N–H and O–H groups in total. The highest BCUT2D eigenvalue weighted by Gasteiger charge is 2.23. The molecule has 0 aromatic heterocycles. The summed E-state index contributed by atoms with van der Waals surface area (Å²) in [6, 6.07) is 4.99. The summed E-state index contributed by atoms with van der Waals surface area (Å²) in [5, 5.41) is 10.3. The highest BCUT2D eigenvalue weighted by molar-refractivity contribution is 5.27. The van der Waals surface area contributed by atoms with Gasteiger partial charge in [-0.3, -0.25) is 0 Å². The molecule has 0 amide bonds. The van der Waals surface area contributed by atoms with Crippen molar-refractivity contribution < 1.29 is 9.50 Å². The van der Waals surface area contributed by atoms with Crippen molar-refractivity contribution in [1.82, 2.24) is 0 Å². The first-order chi connectivity index (χ1) is 7.83. The van der Waals surface area contributed by atoms with E-state index in [1.165, 1.54) is 6.07 Å². The van der Waals surface area contributed by atoms with E-state index in [-0.39, 0.29) is 5.82 Å². The van der Waals surface area contributed by atoms with Crippen LogP contribution in [0, 0.1) is 18.7 Å². The van der Waals surface area contributed by atoms with E-state index in [4.69, 9.17) is 0 Å². The molecule has 1 aromatic rings. The molecule has 1 nitrogen and oxygen atoms in total. The highest BCUT2D eigenvalue weighted by atomic mass is 19.1. The monoisotopic (exact) mass is 238 g/mol. The molecular weight excluding hydrogens is 215 g/mol. The van der Waals surface area contributed by atoms with E-state index in [1.54, 1.807) is 19.9 Å². The van der Waals surface area contributed by atoms with E-state index in [9.17, 15) is 9.50 Å². The van der Waals surface area contributed by atoms with Gasteiger partial charge in [0.25, 0.3) is 0 Å².